The van der Waals surface area contributed by atoms with Crippen LogP contribution < -0.4 is 4.74 Å². The highest BCUT2D eigenvalue weighted by Crippen LogP contribution is 2.43. The van der Waals surface area contributed by atoms with Crippen molar-refractivity contribution in [1.82, 2.24) is 14.9 Å². The predicted molar refractivity (Wildman–Crippen MR) is 131 cm³/mol. The van der Waals surface area contributed by atoms with Crippen LogP contribution in [0, 0.1) is 0 Å². The molecule has 0 bridgehead atoms. The van der Waals surface area contributed by atoms with Gasteiger partial charge in [0.15, 0.2) is 0 Å². The van der Waals surface area contributed by atoms with Gasteiger partial charge in [0, 0.05) is 47.2 Å². The number of hydrogen-bond acceptors (Lipinski definition) is 5. The molecule has 4 aromatic rings. The lowest BCUT2D eigenvalue weighted by molar-refractivity contribution is -0.140. The zero-order chi connectivity index (χ0) is 23.8. The Kier molecular flexibility index (Phi) is 5.67. The molecular formula is C26H20BrN3O4. The molecule has 1 amide bonds. The number of nitrogens with one attached hydrogen (secondary N) is 1. The van der Waals surface area contributed by atoms with Crippen LogP contribution in [0.4, 0.5) is 0 Å². The van der Waals surface area contributed by atoms with E-state index in [0.717, 1.165) is 22.0 Å². The number of carbonyl (C=O) groups excluding carboxylic acids is 2. The second-order valence-electron chi connectivity index (χ2n) is 7.93. The second kappa shape index (κ2) is 8.79. The molecule has 0 spiro atoms. The van der Waals surface area contributed by atoms with E-state index in [4.69, 9.17) is 4.74 Å². The fraction of sp³-hybridized carbons (Fsp3) is 0.115. The Balaban J connectivity index is 1.70. The molecule has 1 aliphatic heterocycles. The fourth-order valence-electron chi connectivity index (χ4n) is 4.34. The molecule has 2 aromatic carbocycles. The molecule has 170 valence electrons. The number of fused-ring (bicyclic) bond motifs is 1. The maximum absolute atomic E-state index is 13.3. The Morgan fingerprint density at radius 1 is 1.18 bits per heavy atom. The highest BCUT2D eigenvalue weighted by Gasteiger charge is 2.46. The number of hydrogen-bond donors (Lipinski definition) is 2. The quantitative estimate of drug-likeness (QED) is 0.221. The predicted octanol–water partition coefficient (Wildman–Crippen LogP) is 4.96. The summed E-state index contributed by atoms with van der Waals surface area (Å²) >= 11 is 3.42. The number of Topliss-reactive ketones (excluding diaryl/α,β-unsaturated/α-hetero) is 1. The summed E-state index contributed by atoms with van der Waals surface area (Å²) in [5, 5.41) is 12.2. The Morgan fingerprint density at radius 2 is 2.00 bits per heavy atom. The summed E-state index contributed by atoms with van der Waals surface area (Å²) in [5.41, 5.74) is 2.82. The first-order chi connectivity index (χ1) is 16.5. The van der Waals surface area contributed by atoms with Gasteiger partial charge in [-0.15, -0.1) is 0 Å². The van der Waals surface area contributed by atoms with Gasteiger partial charge in [0.1, 0.15) is 11.5 Å². The van der Waals surface area contributed by atoms with E-state index in [2.05, 4.69) is 25.9 Å². The van der Waals surface area contributed by atoms with Gasteiger partial charge in [-0.05, 0) is 51.8 Å². The lowest BCUT2D eigenvalue weighted by Gasteiger charge is -2.25. The van der Waals surface area contributed by atoms with E-state index in [9.17, 15) is 14.7 Å². The van der Waals surface area contributed by atoms with Crippen LogP contribution in [-0.4, -0.2) is 38.8 Å². The lowest BCUT2D eigenvalue weighted by Crippen LogP contribution is -2.29. The Morgan fingerprint density at radius 3 is 2.74 bits per heavy atom. The molecule has 7 nitrogen and oxygen atoms in total. The first-order valence-corrected chi connectivity index (χ1v) is 11.4. The number of amides is 1. The van der Waals surface area contributed by atoms with Gasteiger partial charge < -0.3 is 19.7 Å². The molecular weight excluding hydrogens is 498 g/mol. The van der Waals surface area contributed by atoms with Gasteiger partial charge in [-0.2, -0.15) is 0 Å². The average Bonchev–Trinajstić information content (AvgIpc) is 3.38. The Hall–Kier alpha value is -3.91. The minimum absolute atomic E-state index is 0.0377. The number of benzene rings is 2. The number of methoxy groups -OCH3 is 1. The summed E-state index contributed by atoms with van der Waals surface area (Å²) in [5.74, 6) is -1.07. The minimum atomic E-state index is -0.780. The van der Waals surface area contributed by atoms with E-state index in [1.54, 1.807) is 50.0 Å². The molecule has 3 heterocycles. The van der Waals surface area contributed by atoms with Crippen molar-refractivity contribution < 1.29 is 19.4 Å². The number of ketones is 1. The number of H-pyrrole nitrogens is 1. The first-order valence-electron chi connectivity index (χ1n) is 10.6. The van der Waals surface area contributed by atoms with Crippen molar-refractivity contribution in [1.29, 1.82) is 0 Å². The van der Waals surface area contributed by atoms with Crippen molar-refractivity contribution in [2.24, 2.45) is 0 Å². The summed E-state index contributed by atoms with van der Waals surface area (Å²) in [4.78, 5) is 35.4. The molecule has 1 fully saturated rings. The number of aromatic amines is 1. The third-order valence-electron chi connectivity index (χ3n) is 5.96. The van der Waals surface area contributed by atoms with E-state index >= 15 is 0 Å². The zero-order valence-electron chi connectivity index (χ0n) is 18.2. The number of carbonyl (C=O) groups is 2. The molecule has 2 aromatic heterocycles. The van der Waals surface area contributed by atoms with Crippen LogP contribution in [0.3, 0.4) is 0 Å². The summed E-state index contributed by atoms with van der Waals surface area (Å²) in [6.45, 7) is 0.172. The van der Waals surface area contributed by atoms with Gasteiger partial charge in [-0.3, -0.25) is 14.6 Å². The van der Waals surface area contributed by atoms with Gasteiger partial charge in [0.05, 0.1) is 23.2 Å². The van der Waals surface area contributed by atoms with Crippen LogP contribution in [0.5, 0.6) is 5.75 Å². The van der Waals surface area contributed by atoms with Crippen molar-refractivity contribution in [3.63, 3.8) is 0 Å². The maximum atomic E-state index is 13.3. The van der Waals surface area contributed by atoms with Crippen molar-refractivity contribution >= 4 is 44.3 Å². The minimum Gasteiger partial charge on any atom is -0.507 e. The molecule has 34 heavy (non-hydrogen) atoms. The van der Waals surface area contributed by atoms with Crippen LogP contribution in [0.2, 0.25) is 0 Å². The number of ether oxygens (including phenoxy) is 1. The molecule has 8 heteroatoms. The van der Waals surface area contributed by atoms with Crippen LogP contribution in [0.1, 0.15) is 22.7 Å². The topological polar surface area (TPSA) is 95.5 Å². The van der Waals surface area contributed by atoms with Crippen LogP contribution >= 0.6 is 15.9 Å². The number of pyridine rings is 1. The van der Waals surface area contributed by atoms with Crippen molar-refractivity contribution in [3.8, 4) is 5.75 Å². The molecule has 1 aliphatic rings. The standard InChI is InChI=1S/C26H20BrN3O4/c1-34-21-9-8-16(11-19(21)27)24(31)22-23(18-13-29-20-7-3-2-6-17(18)20)30(26(33)25(22)32)14-15-5-4-10-28-12-15/h2-13,23,29,31H,14H2,1H3/b24-22+. The fourth-order valence-corrected chi connectivity index (χ4v) is 4.88. The maximum Gasteiger partial charge on any atom is 0.295 e. The van der Waals surface area contributed by atoms with Gasteiger partial charge >= 0.3 is 0 Å². The zero-order valence-corrected chi connectivity index (χ0v) is 19.7. The number of aromatic nitrogens is 2. The molecule has 1 atom stereocenters. The average molecular weight is 518 g/mol. The number of aliphatic hydroxyl groups excluding tert-OH is 1. The highest BCUT2D eigenvalue weighted by atomic mass is 79.9. The van der Waals surface area contributed by atoms with Crippen LogP contribution in [0.15, 0.2) is 83.2 Å². The lowest BCUT2D eigenvalue weighted by atomic mass is 9.95. The SMILES string of the molecule is COc1ccc(/C(O)=C2\C(=O)C(=O)N(Cc3cccnc3)C2c2c[nH]c3ccccc23)cc1Br. The number of likely N-dealkylation sites (tertiary alicyclic amines) is 1. The number of aliphatic hydroxyl groups is 1. The first kappa shape index (κ1) is 21.9. The second-order valence-corrected chi connectivity index (χ2v) is 8.78. The normalized spacial score (nSPS) is 17.5. The summed E-state index contributed by atoms with van der Waals surface area (Å²) < 4.78 is 5.89. The number of halogens is 1. The number of para-hydroxylation sites is 1. The molecule has 1 unspecified atom stereocenters. The largest absolute Gasteiger partial charge is 0.507 e. The van der Waals surface area contributed by atoms with Crippen molar-refractivity contribution in [2.45, 2.75) is 12.6 Å². The summed E-state index contributed by atoms with van der Waals surface area (Å²) in [6.07, 6.45) is 5.09. The van der Waals surface area contributed by atoms with Gasteiger partial charge in [0.25, 0.3) is 11.7 Å². The van der Waals surface area contributed by atoms with Crippen LogP contribution in [-0.2, 0) is 16.1 Å². The molecule has 0 aliphatic carbocycles. The monoisotopic (exact) mass is 517 g/mol. The van der Waals surface area contributed by atoms with E-state index in [-0.39, 0.29) is 17.9 Å². The molecule has 5 rings (SSSR count). The van der Waals surface area contributed by atoms with E-state index in [1.165, 1.54) is 4.90 Å². The van der Waals surface area contributed by atoms with Gasteiger partial charge in [-0.1, -0.05) is 24.3 Å². The summed E-state index contributed by atoms with van der Waals surface area (Å²) in [6, 6.07) is 15.5. The van der Waals surface area contributed by atoms with Crippen molar-refractivity contribution in [2.75, 3.05) is 7.11 Å². The third kappa shape index (κ3) is 3.66. The molecule has 0 saturated carbocycles. The van der Waals surface area contributed by atoms with E-state index < -0.39 is 17.7 Å². The molecule has 2 N–H and O–H groups in total. The summed E-state index contributed by atoms with van der Waals surface area (Å²) in [7, 11) is 1.54. The van der Waals surface area contributed by atoms with Gasteiger partial charge in [-0.25, -0.2) is 0 Å². The smallest absolute Gasteiger partial charge is 0.295 e. The third-order valence-corrected chi connectivity index (χ3v) is 6.58. The number of rotatable bonds is 5. The number of nitrogens with zero attached hydrogens (tertiary/aromatic N) is 2. The van der Waals surface area contributed by atoms with Crippen LogP contribution in [0.25, 0.3) is 16.7 Å². The van der Waals surface area contributed by atoms with E-state index in [1.807, 2.05) is 30.3 Å². The highest BCUT2D eigenvalue weighted by molar-refractivity contribution is 9.10. The Bertz CT molecular complexity index is 1440. The molecule has 1 saturated heterocycles. The van der Waals surface area contributed by atoms with E-state index in [0.29, 0.717) is 15.8 Å². The Labute approximate surface area is 203 Å². The molecule has 0 radical (unpaired) electrons. The van der Waals surface area contributed by atoms with Crippen molar-refractivity contribution in [3.05, 3.63) is 99.9 Å². The van der Waals surface area contributed by atoms with Gasteiger partial charge in [0.2, 0.25) is 0 Å².